The minimum Gasteiger partial charge on any atom is -0.353 e. The molecule has 2 aliphatic rings. The van der Waals surface area contributed by atoms with Crippen molar-refractivity contribution in [2.75, 3.05) is 13.1 Å². The van der Waals surface area contributed by atoms with Crippen molar-refractivity contribution < 1.29 is 9.59 Å². The number of aryl methyl sites for hydroxylation is 1. The summed E-state index contributed by atoms with van der Waals surface area (Å²) in [6, 6.07) is 13.0. The first kappa shape index (κ1) is 19.2. The molecule has 4 nitrogen and oxygen atoms in total. The molecule has 0 bridgehead atoms. The Kier molecular flexibility index (Phi) is 6.10. The molecular formula is C23H28N2O2S. The van der Waals surface area contributed by atoms with Crippen LogP contribution in [0.25, 0.3) is 0 Å². The molecule has 28 heavy (non-hydrogen) atoms. The smallest absolute Gasteiger partial charge is 0.263 e. The summed E-state index contributed by atoms with van der Waals surface area (Å²) < 4.78 is 0. The molecule has 2 heterocycles. The van der Waals surface area contributed by atoms with Crippen LogP contribution in [0.1, 0.15) is 52.9 Å². The van der Waals surface area contributed by atoms with Crippen LogP contribution in [0, 0.1) is 5.92 Å². The molecule has 1 aromatic carbocycles. The number of likely N-dealkylation sites (tertiary alicyclic amines) is 1. The van der Waals surface area contributed by atoms with Crippen molar-refractivity contribution in [3.8, 4) is 0 Å². The van der Waals surface area contributed by atoms with Crippen molar-refractivity contribution in [2.24, 2.45) is 5.92 Å². The minimum atomic E-state index is 0.176. The maximum atomic E-state index is 12.4. The number of hydrogen-bond donors (Lipinski definition) is 1. The van der Waals surface area contributed by atoms with Crippen LogP contribution >= 0.6 is 11.3 Å². The van der Waals surface area contributed by atoms with E-state index in [1.165, 1.54) is 22.5 Å². The van der Waals surface area contributed by atoms with E-state index >= 15 is 0 Å². The Balaban J connectivity index is 1.20. The lowest BCUT2D eigenvalue weighted by molar-refractivity contribution is -0.121. The number of piperidine rings is 1. The van der Waals surface area contributed by atoms with E-state index in [4.69, 9.17) is 0 Å². The first-order valence-corrected chi connectivity index (χ1v) is 11.3. The van der Waals surface area contributed by atoms with E-state index in [-0.39, 0.29) is 11.8 Å². The van der Waals surface area contributed by atoms with Gasteiger partial charge in [-0.15, -0.1) is 11.3 Å². The molecule has 1 N–H and O–H groups in total. The summed E-state index contributed by atoms with van der Waals surface area (Å²) in [5, 5.41) is 5.01. The lowest BCUT2D eigenvalue weighted by atomic mass is 9.89. The van der Waals surface area contributed by atoms with Crippen LogP contribution in [0.15, 0.2) is 41.8 Å². The summed E-state index contributed by atoms with van der Waals surface area (Å²) in [7, 11) is 0. The molecule has 1 aliphatic carbocycles. The maximum absolute atomic E-state index is 12.4. The first-order valence-electron chi connectivity index (χ1n) is 10.4. The van der Waals surface area contributed by atoms with Gasteiger partial charge in [-0.2, -0.15) is 0 Å². The third kappa shape index (κ3) is 5.22. The van der Waals surface area contributed by atoms with Gasteiger partial charge in [0, 0.05) is 25.6 Å². The Morgan fingerprint density at radius 1 is 1.00 bits per heavy atom. The van der Waals surface area contributed by atoms with E-state index in [0.29, 0.717) is 18.4 Å². The minimum absolute atomic E-state index is 0.176. The first-order chi connectivity index (χ1) is 13.7. The molecule has 0 spiro atoms. The molecule has 2 aromatic rings. The van der Waals surface area contributed by atoms with Crippen LogP contribution in [0.3, 0.4) is 0 Å². The highest BCUT2D eigenvalue weighted by Crippen LogP contribution is 2.24. The van der Waals surface area contributed by atoms with Gasteiger partial charge in [0.1, 0.15) is 0 Å². The van der Waals surface area contributed by atoms with Crippen molar-refractivity contribution in [3.63, 3.8) is 0 Å². The number of amides is 2. The third-order valence-electron chi connectivity index (χ3n) is 5.76. The zero-order chi connectivity index (χ0) is 19.3. The number of nitrogens with zero attached hydrogens (tertiary/aromatic N) is 1. The van der Waals surface area contributed by atoms with Crippen LogP contribution < -0.4 is 5.32 Å². The van der Waals surface area contributed by atoms with Gasteiger partial charge < -0.3 is 10.2 Å². The van der Waals surface area contributed by atoms with Gasteiger partial charge in [0.2, 0.25) is 5.91 Å². The van der Waals surface area contributed by atoms with E-state index < -0.39 is 0 Å². The van der Waals surface area contributed by atoms with Gasteiger partial charge >= 0.3 is 0 Å². The maximum Gasteiger partial charge on any atom is 0.263 e. The van der Waals surface area contributed by atoms with Crippen LogP contribution in [0.2, 0.25) is 0 Å². The van der Waals surface area contributed by atoms with Gasteiger partial charge in [-0.3, -0.25) is 9.59 Å². The second-order valence-corrected chi connectivity index (χ2v) is 9.02. The van der Waals surface area contributed by atoms with Gasteiger partial charge in [-0.05, 0) is 67.0 Å². The van der Waals surface area contributed by atoms with Crippen molar-refractivity contribution >= 4 is 23.2 Å². The number of carbonyl (C=O) groups is 2. The summed E-state index contributed by atoms with van der Waals surface area (Å²) >= 11 is 1.52. The zero-order valence-corrected chi connectivity index (χ0v) is 17.0. The second-order valence-electron chi connectivity index (χ2n) is 8.08. The van der Waals surface area contributed by atoms with Gasteiger partial charge in [0.15, 0.2) is 0 Å². The third-order valence-corrected chi connectivity index (χ3v) is 6.62. The highest BCUT2D eigenvalue weighted by molar-refractivity contribution is 7.12. The Hall–Kier alpha value is -2.14. The molecule has 0 radical (unpaired) electrons. The number of hydrogen-bond acceptors (Lipinski definition) is 3. The summed E-state index contributed by atoms with van der Waals surface area (Å²) in [6.45, 7) is 1.71. The molecule has 0 unspecified atom stereocenters. The van der Waals surface area contributed by atoms with E-state index in [1.807, 2.05) is 22.4 Å². The van der Waals surface area contributed by atoms with Crippen molar-refractivity contribution in [1.29, 1.82) is 0 Å². The molecule has 5 heteroatoms. The number of rotatable bonds is 7. The average Bonchev–Trinajstić information content (AvgIpc) is 3.36. The Labute approximate surface area is 170 Å². The van der Waals surface area contributed by atoms with Gasteiger partial charge in [0.05, 0.1) is 4.88 Å². The van der Waals surface area contributed by atoms with Crippen molar-refractivity contribution in [1.82, 2.24) is 10.2 Å². The van der Waals surface area contributed by atoms with Crippen LogP contribution in [0.5, 0.6) is 0 Å². The van der Waals surface area contributed by atoms with Gasteiger partial charge in [0.25, 0.3) is 5.91 Å². The Morgan fingerprint density at radius 2 is 1.71 bits per heavy atom. The van der Waals surface area contributed by atoms with E-state index in [1.54, 1.807) is 0 Å². The number of nitrogens with one attached hydrogen (secondary N) is 1. The highest BCUT2D eigenvalue weighted by atomic mass is 32.1. The molecular weight excluding hydrogens is 368 g/mol. The normalized spacial score (nSPS) is 17.5. The average molecular weight is 397 g/mol. The highest BCUT2D eigenvalue weighted by Gasteiger charge is 2.24. The molecule has 1 saturated heterocycles. The topological polar surface area (TPSA) is 49.4 Å². The molecule has 2 fully saturated rings. The van der Waals surface area contributed by atoms with Crippen LogP contribution in [-0.2, 0) is 17.6 Å². The fourth-order valence-electron chi connectivity index (χ4n) is 3.86. The standard InChI is InChI=1S/C23H28N2O2S/c26-22(24-20-8-9-20)10-7-17-3-5-18(6-4-17)16-19-11-13-25(14-12-19)23(27)21-2-1-15-28-21/h1-6,15,19-20H,7-14,16H2,(H,24,26). The number of carbonyl (C=O) groups excluding carboxylic acids is 2. The molecule has 2 amide bonds. The Morgan fingerprint density at radius 3 is 2.36 bits per heavy atom. The molecule has 1 aromatic heterocycles. The summed E-state index contributed by atoms with van der Waals surface area (Å²) in [6.07, 6.45) is 6.88. The van der Waals surface area contributed by atoms with Crippen molar-refractivity contribution in [2.45, 2.75) is 51.0 Å². The van der Waals surface area contributed by atoms with Crippen molar-refractivity contribution in [3.05, 3.63) is 57.8 Å². The van der Waals surface area contributed by atoms with Gasteiger partial charge in [-0.25, -0.2) is 0 Å². The van der Waals surface area contributed by atoms with E-state index in [9.17, 15) is 9.59 Å². The lowest BCUT2D eigenvalue weighted by Crippen LogP contribution is -2.38. The molecule has 1 saturated carbocycles. The fraction of sp³-hybridized carbons (Fsp3) is 0.478. The second kappa shape index (κ2) is 8.91. The monoisotopic (exact) mass is 396 g/mol. The summed E-state index contributed by atoms with van der Waals surface area (Å²) in [4.78, 5) is 27.1. The van der Waals surface area contributed by atoms with Crippen LogP contribution in [0.4, 0.5) is 0 Å². The molecule has 148 valence electrons. The summed E-state index contributed by atoms with van der Waals surface area (Å²) in [5.41, 5.74) is 2.58. The van der Waals surface area contributed by atoms with Crippen LogP contribution in [-0.4, -0.2) is 35.8 Å². The fourth-order valence-corrected chi connectivity index (χ4v) is 4.55. The lowest BCUT2D eigenvalue weighted by Gasteiger charge is -2.31. The predicted molar refractivity (Wildman–Crippen MR) is 113 cm³/mol. The summed E-state index contributed by atoms with van der Waals surface area (Å²) in [5.74, 6) is 1.00. The number of thiophene rings is 1. The molecule has 4 rings (SSSR count). The van der Waals surface area contributed by atoms with E-state index in [2.05, 4.69) is 29.6 Å². The van der Waals surface area contributed by atoms with E-state index in [0.717, 1.165) is 56.5 Å². The predicted octanol–water partition coefficient (Wildman–Crippen LogP) is 4.05. The zero-order valence-electron chi connectivity index (χ0n) is 16.2. The SMILES string of the molecule is O=C(CCc1ccc(CC2CCN(C(=O)c3cccs3)CC2)cc1)NC1CC1. The Bertz CT molecular complexity index is 789. The van der Waals surface area contributed by atoms with Gasteiger partial charge in [-0.1, -0.05) is 30.3 Å². The largest absolute Gasteiger partial charge is 0.353 e. The molecule has 0 atom stereocenters. The quantitative estimate of drug-likeness (QED) is 0.767. The molecule has 1 aliphatic heterocycles. The number of benzene rings is 1.